The van der Waals surface area contributed by atoms with Crippen molar-refractivity contribution in [2.45, 2.75) is 26.7 Å². The minimum atomic E-state index is -3.94. The highest BCUT2D eigenvalue weighted by molar-refractivity contribution is 8.26. The van der Waals surface area contributed by atoms with Gasteiger partial charge in [0, 0.05) is 12.2 Å². The Morgan fingerprint density at radius 2 is 2.00 bits per heavy atom. The monoisotopic (exact) mass is 490 g/mol. The molecule has 0 aromatic carbocycles. The quantitative estimate of drug-likeness (QED) is 0.216. The molecule has 0 bridgehead atoms. The molecule has 0 spiro atoms. The van der Waals surface area contributed by atoms with Crippen LogP contribution < -0.4 is 0 Å². The summed E-state index contributed by atoms with van der Waals surface area (Å²) in [5.74, 6) is -1.79. The van der Waals surface area contributed by atoms with Crippen LogP contribution in [0.5, 0.6) is 0 Å². The summed E-state index contributed by atoms with van der Waals surface area (Å²) in [4.78, 5) is 26.7. The van der Waals surface area contributed by atoms with Crippen LogP contribution >= 0.6 is 35.7 Å². The van der Waals surface area contributed by atoms with E-state index in [0.717, 1.165) is 33.0 Å². The van der Waals surface area contributed by atoms with Crippen molar-refractivity contribution in [3.8, 4) is 0 Å². The van der Waals surface area contributed by atoms with Gasteiger partial charge in [-0.2, -0.15) is 8.42 Å². The molecular formula is C18H22N2O6S4. The lowest BCUT2D eigenvalue weighted by atomic mass is 10.2. The van der Waals surface area contributed by atoms with Crippen LogP contribution in [0, 0.1) is 0 Å². The average molecular weight is 491 g/mol. The number of rotatable bonds is 9. The molecule has 0 unspecified atom stereocenters. The molecule has 164 valence electrons. The number of thioether (sulfide) groups is 2. The highest BCUT2D eigenvalue weighted by atomic mass is 32.2. The summed E-state index contributed by atoms with van der Waals surface area (Å²) in [6.07, 6.45) is 6.41. The summed E-state index contributed by atoms with van der Waals surface area (Å²) < 4.78 is 30.7. The Morgan fingerprint density at radius 3 is 2.63 bits per heavy atom. The molecule has 12 heteroatoms. The van der Waals surface area contributed by atoms with Gasteiger partial charge in [-0.05, 0) is 49.8 Å². The molecule has 2 aliphatic heterocycles. The standard InChI is InChI=1S/C18H22N2O6S4/c1-12(9-14-17(23)20(10-16(21)22)18(27)29-14)5-6-15-19(13(2)11-28-15)7-3-4-8-30(24,25)26/h5-6,9,11H,3-4,7-8,10H2,1-2H3,(H,21,22)(H,24,25,26)/b12-5+,14-9-,15-6+. The number of carbonyl (C=O) groups is 2. The molecule has 0 atom stereocenters. The molecule has 2 N–H and O–H groups in total. The maximum atomic E-state index is 12.3. The van der Waals surface area contributed by atoms with Crippen molar-refractivity contribution in [3.05, 3.63) is 44.8 Å². The number of carbonyl (C=O) groups excluding carboxylic acids is 1. The second-order valence-corrected chi connectivity index (χ2v) is 10.7. The summed E-state index contributed by atoms with van der Waals surface area (Å²) in [6, 6.07) is 0. The molecule has 1 saturated heterocycles. The van der Waals surface area contributed by atoms with E-state index in [1.807, 2.05) is 31.4 Å². The van der Waals surface area contributed by atoms with Crippen LogP contribution in [0.2, 0.25) is 0 Å². The Morgan fingerprint density at radius 1 is 1.30 bits per heavy atom. The smallest absolute Gasteiger partial charge is 0.323 e. The predicted molar refractivity (Wildman–Crippen MR) is 123 cm³/mol. The summed E-state index contributed by atoms with van der Waals surface area (Å²) in [5.41, 5.74) is 1.84. The second kappa shape index (κ2) is 10.6. The zero-order valence-electron chi connectivity index (χ0n) is 16.4. The van der Waals surface area contributed by atoms with Gasteiger partial charge >= 0.3 is 5.97 Å². The highest BCUT2D eigenvalue weighted by Crippen LogP contribution is 2.35. The number of aliphatic carboxylic acids is 1. The first-order valence-electron chi connectivity index (χ1n) is 8.90. The minimum Gasteiger partial charge on any atom is -0.480 e. The van der Waals surface area contributed by atoms with Crippen molar-refractivity contribution in [1.82, 2.24) is 9.80 Å². The van der Waals surface area contributed by atoms with Gasteiger partial charge in [0.2, 0.25) is 0 Å². The van der Waals surface area contributed by atoms with Gasteiger partial charge in [-0.1, -0.05) is 41.8 Å². The van der Waals surface area contributed by atoms with Gasteiger partial charge in [0.05, 0.1) is 15.7 Å². The van der Waals surface area contributed by atoms with E-state index in [9.17, 15) is 18.0 Å². The highest BCUT2D eigenvalue weighted by Gasteiger charge is 2.33. The summed E-state index contributed by atoms with van der Waals surface area (Å²) >= 11 is 7.70. The third kappa shape index (κ3) is 7.27. The molecule has 30 heavy (non-hydrogen) atoms. The first-order chi connectivity index (χ1) is 14.0. The topological polar surface area (TPSA) is 115 Å². The number of thiocarbonyl (C=S) groups is 1. The molecule has 0 aromatic heterocycles. The fourth-order valence-corrected chi connectivity index (χ4v) is 5.45. The number of hydrogen-bond donors (Lipinski definition) is 2. The third-order valence-corrected chi connectivity index (χ3v) is 7.33. The predicted octanol–water partition coefficient (Wildman–Crippen LogP) is 3.18. The lowest BCUT2D eigenvalue weighted by Crippen LogP contribution is -2.33. The Bertz CT molecular complexity index is 965. The van der Waals surface area contributed by atoms with Gasteiger partial charge in [0.25, 0.3) is 16.0 Å². The lowest BCUT2D eigenvalue weighted by Gasteiger charge is -2.21. The van der Waals surface area contributed by atoms with Crippen molar-refractivity contribution in [2.75, 3.05) is 18.8 Å². The molecule has 2 heterocycles. The van der Waals surface area contributed by atoms with Gasteiger partial charge in [-0.25, -0.2) is 0 Å². The maximum Gasteiger partial charge on any atom is 0.323 e. The number of hydrogen-bond acceptors (Lipinski definition) is 8. The molecule has 1 fully saturated rings. The van der Waals surface area contributed by atoms with Crippen LogP contribution in [0.25, 0.3) is 0 Å². The Balaban J connectivity index is 2.03. The molecule has 8 nitrogen and oxygen atoms in total. The first-order valence-corrected chi connectivity index (χ1v) is 12.6. The zero-order valence-corrected chi connectivity index (χ0v) is 19.7. The lowest BCUT2D eigenvalue weighted by molar-refractivity contribution is -0.140. The van der Waals surface area contributed by atoms with Crippen molar-refractivity contribution in [1.29, 1.82) is 0 Å². The van der Waals surface area contributed by atoms with Crippen molar-refractivity contribution >= 4 is 62.1 Å². The maximum absolute atomic E-state index is 12.3. The average Bonchev–Trinajstić information content (AvgIpc) is 3.10. The van der Waals surface area contributed by atoms with Gasteiger partial charge in [0.1, 0.15) is 10.9 Å². The molecule has 2 aliphatic rings. The largest absolute Gasteiger partial charge is 0.480 e. The van der Waals surface area contributed by atoms with E-state index in [1.165, 1.54) is 0 Å². The van der Waals surface area contributed by atoms with Gasteiger partial charge in [-0.15, -0.1) is 0 Å². The van der Waals surface area contributed by atoms with E-state index in [-0.39, 0.29) is 10.1 Å². The first kappa shape index (κ1) is 24.7. The van der Waals surface area contributed by atoms with E-state index < -0.39 is 28.5 Å². The summed E-state index contributed by atoms with van der Waals surface area (Å²) in [7, 11) is -3.94. The molecule has 0 aliphatic carbocycles. The van der Waals surface area contributed by atoms with Gasteiger partial charge in [0.15, 0.2) is 0 Å². The molecule has 2 rings (SSSR count). The van der Waals surface area contributed by atoms with Crippen LogP contribution in [0.1, 0.15) is 26.7 Å². The number of amides is 1. The normalized spacial score (nSPS) is 20.6. The van der Waals surface area contributed by atoms with Crippen LogP contribution in [-0.2, 0) is 19.7 Å². The molecule has 0 radical (unpaired) electrons. The Hall–Kier alpha value is -1.60. The molecule has 0 saturated carbocycles. The van der Waals surface area contributed by atoms with Crippen LogP contribution in [0.4, 0.5) is 0 Å². The van der Waals surface area contributed by atoms with E-state index >= 15 is 0 Å². The van der Waals surface area contributed by atoms with Crippen molar-refractivity contribution in [2.24, 2.45) is 0 Å². The van der Waals surface area contributed by atoms with E-state index in [1.54, 1.807) is 17.8 Å². The number of nitrogens with zero attached hydrogens (tertiary/aromatic N) is 2. The summed E-state index contributed by atoms with van der Waals surface area (Å²) in [5, 5.41) is 11.8. The Kier molecular flexibility index (Phi) is 8.73. The number of carboxylic acid groups (broad SMARTS) is 1. The minimum absolute atomic E-state index is 0.224. The van der Waals surface area contributed by atoms with Crippen LogP contribution in [0.15, 0.2) is 44.8 Å². The second-order valence-electron chi connectivity index (χ2n) is 6.60. The van der Waals surface area contributed by atoms with Crippen LogP contribution in [0.3, 0.4) is 0 Å². The van der Waals surface area contributed by atoms with Crippen molar-refractivity contribution < 1.29 is 27.7 Å². The number of allylic oxidation sites excluding steroid dienone is 5. The van der Waals surface area contributed by atoms with E-state index in [0.29, 0.717) is 24.3 Å². The summed E-state index contributed by atoms with van der Waals surface area (Å²) in [6.45, 7) is 3.96. The molecule has 0 aromatic rings. The fourth-order valence-electron chi connectivity index (χ4n) is 2.65. The number of carboxylic acids is 1. The van der Waals surface area contributed by atoms with Crippen LogP contribution in [-0.4, -0.2) is 62.9 Å². The van der Waals surface area contributed by atoms with Crippen molar-refractivity contribution in [3.63, 3.8) is 0 Å². The van der Waals surface area contributed by atoms with Gasteiger partial charge in [-0.3, -0.25) is 19.0 Å². The number of unbranched alkanes of at least 4 members (excludes halogenated alkanes) is 1. The molecular weight excluding hydrogens is 468 g/mol. The van der Waals surface area contributed by atoms with E-state index in [4.69, 9.17) is 21.9 Å². The fraction of sp³-hybridized carbons (Fsp3) is 0.389. The zero-order chi connectivity index (χ0) is 22.5. The third-order valence-electron chi connectivity index (χ3n) is 4.09. The Labute approximate surface area is 189 Å². The SMILES string of the molecule is CC1=CS/C(=C/C=C(C)/C=C2\SC(=S)N(CC(=O)O)C2=O)N1CCCCS(=O)(=O)O. The van der Waals surface area contributed by atoms with E-state index in [2.05, 4.69) is 4.90 Å². The molecule has 1 amide bonds. The van der Waals surface area contributed by atoms with Gasteiger partial charge < -0.3 is 10.0 Å².